The fourth-order valence-electron chi connectivity index (χ4n) is 1.93. The van der Waals surface area contributed by atoms with Crippen LogP contribution in [0.5, 0.6) is 0 Å². The molecule has 0 saturated carbocycles. The minimum Gasteiger partial charge on any atom is -0.341 e. The van der Waals surface area contributed by atoms with Crippen LogP contribution in [0.1, 0.15) is 21.6 Å². The van der Waals surface area contributed by atoms with Crippen LogP contribution in [0.25, 0.3) is 5.69 Å². The van der Waals surface area contributed by atoms with E-state index in [1.807, 2.05) is 0 Å². The van der Waals surface area contributed by atoms with Crippen LogP contribution in [0.2, 0.25) is 0 Å². The van der Waals surface area contributed by atoms with Gasteiger partial charge in [-0.3, -0.25) is 4.79 Å². The molecule has 1 N–H and O–H groups in total. The molecule has 1 amide bonds. The number of alkyl halides is 3. The van der Waals surface area contributed by atoms with Gasteiger partial charge in [0.1, 0.15) is 0 Å². The highest BCUT2D eigenvalue weighted by molar-refractivity contribution is 5.95. The summed E-state index contributed by atoms with van der Waals surface area (Å²) in [7, 11) is 0. The topological polar surface area (TPSA) is 46.9 Å². The number of nitrogens with one attached hydrogen (secondary N) is 1. The second kappa shape index (κ2) is 5.93. The molecule has 114 valence electrons. The van der Waals surface area contributed by atoms with Crippen molar-refractivity contribution in [1.82, 2.24) is 15.1 Å². The second-order valence-electron chi connectivity index (χ2n) is 4.49. The van der Waals surface area contributed by atoms with Crippen LogP contribution in [0.3, 0.4) is 0 Å². The number of amides is 1. The molecule has 0 aliphatic heterocycles. The lowest BCUT2D eigenvalue weighted by molar-refractivity contribution is -0.137. The monoisotopic (exact) mass is 307 g/mol. The van der Waals surface area contributed by atoms with Crippen LogP contribution in [0.4, 0.5) is 13.2 Å². The molecule has 1 aromatic heterocycles. The highest BCUT2D eigenvalue weighted by atomic mass is 19.4. The van der Waals surface area contributed by atoms with Gasteiger partial charge in [0.25, 0.3) is 5.91 Å². The third-order valence-electron chi connectivity index (χ3n) is 3.02. The van der Waals surface area contributed by atoms with E-state index >= 15 is 0 Å². The molecule has 7 heteroatoms. The average molecular weight is 307 g/mol. The van der Waals surface area contributed by atoms with Gasteiger partial charge in [-0.2, -0.15) is 18.3 Å². The number of hydrogen-bond acceptors (Lipinski definition) is 2. The molecule has 2 rings (SSSR count). The normalized spacial score (nSPS) is 11.0. The molecule has 1 heterocycles. The van der Waals surface area contributed by atoms with Crippen molar-refractivity contribution in [2.24, 2.45) is 0 Å². The standard InChI is InChI=1S/C15H12F3N3O/c1-3-7-19-14(22)13-9-20-21(10(13)2)12-6-4-5-11(8-12)15(16,17)18/h1,4-6,8-9H,7H2,2H3,(H,19,22). The highest BCUT2D eigenvalue weighted by Gasteiger charge is 2.30. The van der Waals surface area contributed by atoms with Crippen molar-refractivity contribution in [3.05, 3.63) is 47.3 Å². The minimum atomic E-state index is -4.44. The van der Waals surface area contributed by atoms with Crippen LogP contribution in [0, 0.1) is 19.3 Å². The van der Waals surface area contributed by atoms with E-state index in [0.29, 0.717) is 5.69 Å². The first kappa shape index (κ1) is 15.6. The molecule has 0 bridgehead atoms. The second-order valence-corrected chi connectivity index (χ2v) is 4.49. The number of hydrogen-bond donors (Lipinski definition) is 1. The summed E-state index contributed by atoms with van der Waals surface area (Å²) in [5.74, 6) is 1.84. The van der Waals surface area contributed by atoms with Crippen molar-refractivity contribution in [3.63, 3.8) is 0 Å². The maximum absolute atomic E-state index is 12.7. The van der Waals surface area contributed by atoms with E-state index in [9.17, 15) is 18.0 Å². The van der Waals surface area contributed by atoms with E-state index in [1.54, 1.807) is 6.92 Å². The molecule has 0 atom stereocenters. The number of aromatic nitrogens is 2. The third-order valence-corrected chi connectivity index (χ3v) is 3.02. The predicted molar refractivity (Wildman–Crippen MR) is 74.5 cm³/mol. The van der Waals surface area contributed by atoms with Crippen molar-refractivity contribution >= 4 is 5.91 Å². The van der Waals surface area contributed by atoms with Crippen molar-refractivity contribution in [2.75, 3.05) is 6.54 Å². The summed E-state index contributed by atoms with van der Waals surface area (Å²) < 4.78 is 39.5. The SMILES string of the molecule is C#CCNC(=O)c1cnn(-c2cccc(C(F)(F)F)c2)c1C. The molecular weight excluding hydrogens is 295 g/mol. The Morgan fingerprint density at radius 1 is 1.45 bits per heavy atom. The molecule has 4 nitrogen and oxygen atoms in total. The summed E-state index contributed by atoms with van der Waals surface area (Å²) >= 11 is 0. The lowest BCUT2D eigenvalue weighted by atomic mass is 10.2. The summed E-state index contributed by atoms with van der Waals surface area (Å²) in [6.45, 7) is 1.66. The Balaban J connectivity index is 2.37. The van der Waals surface area contributed by atoms with Gasteiger partial charge in [-0.15, -0.1) is 6.42 Å². The molecular formula is C15H12F3N3O. The molecule has 1 aromatic carbocycles. The number of rotatable bonds is 3. The molecule has 22 heavy (non-hydrogen) atoms. The Kier molecular flexibility index (Phi) is 4.22. The summed E-state index contributed by atoms with van der Waals surface area (Å²) in [6.07, 6.45) is 1.91. The molecule has 0 spiro atoms. The minimum absolute atomic E-state index is 0.0625. The van der Waals surface area contributed by atoms with E-state index < -0.39 is 17.6 Å². The van der Waals surface area contributed by atoms with Crippen molar-refractivity contribution in [1.29, 1.82) is 0 Å². The predicted octanol–water partition coefficient (Wildman–Crippen LogP) is 2.56. The molecule has 0 unspecified atom stereocenters. The Morgan fingerprint density at radius 2 is 2.18 bits per heavy atom. The van der Waals surface area contributed by atoms with Crippen LogP contribution >= 0.6 is 0 Å². The quantitative estimate of drug-likeness (QED) is 0.886. The zero-order valence-corrected chi connectivity index (χ0v) is 11.6. The zero-order valence-electron chi connectivity index (χ0n) is 11.6. The van der Waals surface area contributed by atoms with Crippen molar-refractivity contribution in [2.45, 2.75) is 13.1 Å². The van der Waals surface area contributed by atoms with E-state index in [-0.39, 0.29) is 17.8 Å². The largest absolute Gasteiger partial charge is 0.416 e. The van der Waals surface area contributed by atoms with Crippen LogP contribution in [0.15, 0.2) is 30.5 Å². The highest BCUT2D eigenvalue weighted by Crippen LogP contribution is 2.30. The molecule has 0 aliphatic carbocycles. The van der Waals surface area contributed by atoms with E-state index in [0.717, 1.165) is 12.1 Å². The maximum atomic E-state index is 12.7. The average Bonchev–Trinajstić information content (AvgIpc) is 2.86. The fraction of sp³-hybridized carbons (Fsp3) is 0.200. The van der Waals surface area contributed by atoms with Gasteiger partial charge in [0.15, 0.2) is 0 Å². The molecule has 0 aliphatic rings. The van der Waals surface area contributed by atoms with Gasteiger partial charge in [-0.1, -0.05) is 12.0 Å². The number of carbonyl (C=O) groups is 1. The number of halogens is 3. The van der Waals surface area contributed by atoms with Gasteiger partial charge < -0.3 is 5.32 Å². The summed E-state index contributed by atoms with van der Waals surface area (Å²) in [5, 5.41) is 6.46. The van der Waals surface area contributed by atoms with Crippen LogP contribution in [-0.2, 0) is 6.18 Å². The van der Waals surface area contributed by atoms with Gasteiger partial charge in [-0.25, -0.2) is 4.68 Å². The maximum Gasteiger partial charge on any atom is 0.416 e. The molecule has 2 aromatic rings. The van der Waals surface area contributed by atoms with E-state index in [1.165, 1.54) is 23.0 Å². The van der Waals surface area contributed by atoms with Crippen molar-refractivity contribution in [3.8, 4) is 18.0 Å². The van der Waals surface area contributed by atoms with Gasteiger partial charge in [0, 0.05) is 0 Å². The van der Waals surface area contributed by atoms with Crippen LogP contribution in [-0.4, -0.2) is 22.2 Å². The lowest BCUT2D eigenvalue weighted by Gasteiger charge is -2.10. The molecule has 0 radical (unpaired) electrons. The number of nitrogens with zero attached hydrogens (tertiary/aromatic N) is 2. The van der Waals surface area contributed by atoms with E-state index in [2.05, 4.69) is 16.3 Å². The Hall–Kier alpha value is -2.75. The smallest absolute Gasteiger partial charge is 0.341 e. The first-order valence-electron chi connectivity index (χ1n) is 6.28. The van der Waals surface area contributed by atoms with Gasteiger partial charge in [-0.05, 0) is 25.1 Å². The molecule has 0 fully saturated rings. The van der Waals surface area contributed by atoms with Gasteiger partial charge >= 0.3 is 6.18 Å². The van der Waals surface area contributed by atoms with E-state index in [4.69, 9.17) is 6.42 Å². The summed E-state index contributed by atoms with van der Waals surface area (Å²) in [6, 6.07) is 4.72. The Morgan fingerprint density at radius 3 is 2.82 bits per heavy atom. The van der Waals surface area contributed by atoms with Gasteiger partial charge in [0.05, 0.1) is 35.2 Å². The van der Waals surface area contributed by atoms with Gasteiger partial charge in [0.2, 0.25) is 0 Å². The number of benzene rings is 1. The summed E-state index contributed by atoms with van der Waals surface area (Å²) in [4.78, 5) is 11.9. The molecule has 0 saturated heterocycles. The summed E-state index contributed by atoms with van der Waals surface area (Å²) in [5.41, 5.74) is 0.128. The van der Waals surface area contributed by atoms with Crippen molar-refractivity contribution < 1.29 is 18.0 Å². The Bertz CT molecular complexity index is 741. The van der Waals surface area contributed by atoms with Crippen LogP contribution < -0.4 is 5.32 Å². The number of carbonyl (C=O) groups excluding carboxylic acids is 1. The zero-order chi connectivity index (χ0) is 16.3. The Labute approximate surface area is 124 Å². The number of terminal acetylenes is 1. The fourth-order valence-corrected chi connectivity index (χ4v) is 1.93. The first-order chi connectivity index (χ1) is 10.3. The first-order valence-corrected chi connectivity index (χ1v) is 6.28. The lowest BCUT2D eigenvalue weighted by Crippen LogP contribution is -2.24. The third kappa shape index (κ3) is 3.11.